The Morgan fingerprint density at radius 3 is 2.36 bits per heavy atom. The number of halogens is 2. The number of hydrogen-bond donors (Lipinski definition) is 1. The highest BCUT2D eigenvalue weighted by molar-refractivity contribution is 6.34. The van der Waals surface area contributed by atoms with E-state index in [2.05, 4.69) is 4.98 Å². The Bertz CT molecular complexity index is 331. The van der Waals surface area contributed by atoms with E-state index in [-0.39, 0.29) is 11.5 Å². The van der Waals surface area contributed by atoms with Crippen molar-refractivity contribution in [2.75, 3.05) is 0 Å². The van der Waals surface area contributed by atoms with E-state index < -0.39 is 0 Å². The summed E-state index contributed by atoms with van der Waals surface area (Å²) < 4.78 is 0. The van der Waals surface area contributed by atoms with E-state index in [1.54, 1.807) is 12.3 Å². The average Bonchev–Trinajstić information content (AvgIpc) is 2.01. The summed E-state index contributed by atoms with van der Waals surface area (Å²) in [4.78, 5) is 4.16. The van der Waals surface area contributed by atoms with Crippen molar-refractivity contribution in [2.24, 2.45) is 11.1 Å². The van der Waals surface area contributed by atoms with Gasteiger partial charge in [0.1, 0.15) is 0 Å². The number of pyridine rings is 1. The van der Waals surface area contributed by atoms with Gasteiger partial charge in [-0.2, -0.15) is 0 Å². The second-order valence-electron chi connectivity index (χ2n) is 4.36. The number of nitrogens with two attached hydrogens (primary N) is 1. The van der Waals surface area contributed by atoms with Crippen molar-refractivity contribution >= 4 is 23.2 Å². The summed E-state index contributed by atoms with van der Waals surface area (Å²) >= 11 is 11.8. The Labute approximate surface area is 94.4 Å². The van der Waals surface area contributed by atoms with Gasteiger partial charge < -0.3 is 5.73 Å². The summed E-state index contributed by atoms with van der Waals surface area (Å²) in [6.07, 6.45) is 1.56. The molecule has 78 valence electrons. The van der Waals surface area contributed by atoms with Crippen LogP contribution in [0.15, 0.2) is 12.3 Å². The minimum atomic E-state index is -0.188. The SMILES string of the molecule is CC(C)(C)C(N)c1ncc(Cl)cc1Cl. The fraction of sp³-hybridized carbons (Fsp3) is 0.500. The van der Waals surface area contributed by atoms with Crippen molar-refractivity contribution in [3.8, 4) is 0 Å². The molecule has 0 spiro atoms. The molecule has 1 aromatic rings. The van der Waals surface area contributed by atoms with Crippen LogP contribution in [0.3, 0.4) is 0 Å². The van der Waals surface area contributed by atoms with Gasteiger partial charge in [-0.15, -0.1) is 0 Å². The Morgan fingerprint density at radius 2 is 1.93 bits per heavy atom. The van der Waals surface area contributed by atoms with E-state index in [1.807, 2.05) is 20.8 Å². The van der Waals surface area contributed by atoms with Crippen LogP contribution in [0.2, 0.25) is 10.0 Å². The van der Waals surface area contributed by atoms with Gasteiger partial charge in [0, 0.05) is 6.20 Å². The summed E-state index contributed by atoms with van der Waals surface area (Å²) in [5.41, 5.74) is 6.67. The molecular weight excluding hydrogens is 219 g/mol. The van der Waals surface area contributed by atoms with Gasteiger partial charge in [-0.3, -0.25) is 4.98 Å². The predicted octanol–water partition coefficient (Wildman–Crippen LogP) is 3.43. The molecule has 0 aromatic carbocycles. The van der Waals surface area contributed by atoms with Gasteiger partial charge in [-0.25, -0.2) is 0 Å². The Hall–Kier alpha value is -0.310. The molecule has 1 atom stereocenters. The normalized spacial score (nSPS) is 14.1. The van der Waals surface area contributed by atoms with Crippen LogP contribution < -0.4 is 5.73 Å². The zero-order valence-corrected chi connectivity index (χ0v) is 10.0. The molecule has 14 heavy (non-hydrogen) atoms. The lowest BCUT2D eigenvalue weighted by Crippen LogP contribution is -2.27. The van der Waals surface area contributed by atoms with E-state index in [4.69, 9.17) is 28.9 Å². The minimum absolute atomic E-state index is 0.0650. The molecule has 0 radical (unpaired) electrons. The first kappa shape index (κ1) is 11.8. The van der Waals surface area contributed by atoms with E-state index >= 15 is 0 Å². The highest BCUT2D eigenvalue weighted by Crippen LogP contribution is 2.33. The Balaban J connectivity index is 3.08. The highest BCUT2D eigenvalue weighted by atomic mass is 35.5. The first-order valence-corrected chi connectivity index (χ1v) is 5.14. The van der Waals surface area contributed by atoms with E-state index in [9.17, 15) is 0 Å². The molecule has 0 aliphatic carbocycles. The van der Waals surface area contributed by atoms with Crippen molar-refractivity contribution in [2.45, 2.75) is 26.8 Å². The average molecular weight is 233 g/mol. The number of aromatic nitrogens is 1. The summed E-state index contributed by atoms with van der Waals surface area (Å²) in [5.74, 6) is 0. The Kier molecular flexibility index (Phi) is 3.40. The van der Waals surface area contributed by atoms with Crippen LogP contribution in [0.4, 0.5) is 0 Å². The van der Waals surface area contributed by atoms with Gasteiger partial charge in [-0.1, -0.05) is 44.0 Å². The number of rotatable bonds is 1. The lowest BCUT2D eigenvalue weighted by atomic mass is 9.85. The van der Waals surface area contributed by atoms with Crippen LogP contribution in [-0.4, -0.2) is 4.98 Å². The third-order valence-electron chi connectivity index (χ3n) is 2.06. The van der Waals surface area contributed by atoms with Gasteiger partial charge in [0.2, 0.25) is 0 Å². The number of nitrogens with zero attached hydrogens (tertiary/aromatic N) is 1. The molecule has 1 heterocycles. The quantitative estimate of drug-likeness (QED) is 0.806. The van der Waals surface area contributed by atoms with Crippen LogP contribution in [0.1, 0.15) is 32.5 Å². The molecule has 1 unspecified atom stereocenters. The van der Waals surface area contributed by atoms with Crippen LogP contribution in [0, 0.1) is 5.41 Å². The second-order valence-corrected chi connectivity index (χ2v) is 5.21. The largest absolute Gasteiger partial charge is 0.322 e. The monoisotopic (exact) mass is 232 g/mol. The molecule has 0 aliphatic heterocycles. The predicted molar refractivity (Wildman–Crippen MR) is 60.6 cm³/mol. The fourth-order valence-electron chi connectivity index (χ4n) is 1.06. The van der Waals surface area contributed by atoms with Gasteiger partial charge in [-0.05, 0) is 11.5 Å². The molecule has 4 heteroatoms. The molecule has 0 aliphatic rings. The van der Waals surface area contributed by atoms with Gasteiger partial charge in [0.25, 0.3) is 0 Å². The topological polar surface area (TPSA) is 38.9 Å². The molecule has 0 bridgehead atoms. The minimum Gasteiger partial charge on any atom is -0.322 e. The van der Waals surface area contributed by atoms with Gasteiger partial charge >= 0.3 is 0 Å². The maximum atomic E-state index is 6.03. The molecule has 0 amide bonds. The van der Waals surface area contributed by atoms with Crippen molar-refractivity contribution in [1.29, 1.82) is 0 Å². The zero-order chi connectivity index (χ0) is 10.9. The molecule has 0 fully saturated rings. The first-order valence-electron chi connectivity index (χ1n) is 4.39. The van der Waals surface area contributed by atoms with Crippen molar-refractivity contribution in [3.05, 3.63) is 28.0 Å². The van der Waals surface area contributed by atoms with Crippen LogP contribution in [-0.2, 0) is 0 Å². The third-order valence-corrected chi connectivity index (χ3v) is 2.57. The van der Waals surface area contributed by atoms with E-state index in [0.29, 0.717) is 15.7 Å². The van der Waals surface area contributed by atoms with Gasteiger partial charge in [0.15, 0.2) is 0 Å². The molecular formula is C10H14Cl2N2. The molecule has 2 nitrogen and oxygen atoms in total. The maximum Gasteiger partial charge on any atom is 0.0763 e. The number of hydrogen-bond acceptors (Lipinski definition) is 2. The summed E-state index contributed by atoms with van der Waals surface area (Å²) in [6.45, 7) is 6.14. The van der Waals surface area contributed by atoms with E-state index in [0.717, 1.165) is 0 Å². The molecule has 1 rings (SSSR count). The van der Waals surface area contributed by atoms with E-state index in [1.165, 1.54) is 0 Å². The molecule has 2 N–H and O–H groups in total. The molecule has 0 saturated carbocycles. The third kappa shape index (κ3) is 2.59. The summed E-state index contributed by atoms with van der Waals surface area (Å²) in [5, 5.41) is 1.06. The Morgan fingerprint density at radius 1 is 1.36 bits per heavy atom. The molecule has 0 saturated heterocycles. The van der Waals surface area contributed by atoms with Gasteiger partial charge in [0.05, 0.1) is 21.8 Å². The van der Waals surface area contributed by atoms with Crippen LogP contribution in [0.5, 0.6) is 0 Å². The summed E-state index contributed by atoms with van der Waals surface area (Å²) in [7, 11) is 0. The summed E-state index contributed by atoms with van der Waals surface area (Å²) in [6, 6.07) is 1.48. The van der Waals surface area contributed by atoms with Crippen molar-refractivity contribution in [3.63, 3.8) is 0 Å². The van der Waals surface area contributed by atoms with Crippen molar-refractivity contribution < 1.29 is 0 Å². The lowest BCUT2D eigenvalue weighted by Gasteiger charge is -2.27. The maximum absolute atomic E-state index is 6.03. The zero-order valence-electron chi connectivity index (χ0n) is 8.51. The second kappa shape index (κ2) is 4.05. The van der Waals surface area contributed by atoms with Crippen LogP contribution in [0.25, 0.3) is 0 Å². The highest BCUT2D eigenvalue weighted by Gasteiger charge is 2.25. The van der Waals surface area contributed by atoms with Crippen LogP contribution >= 0.6 is 23.2 Å². The molecule has 1 aromatic heterocycles. The fourth-order valence-corrected chi connectivity index (χ4v) is 1.56. The first-order chi connectivity index (χ1) is 6.32. The smallest absolute Gasteiger partial charge is 0.0763 e. The van der Waals surface area contributed by atoms with Crippen molar-refractivity contribution in [1.82, 2.24) is 4.98 Å². The lowest BCUT2D eigenvalue weighted by molar-refractivity contribution is 0.321. The standard InChI is InChI=1S/C10H14Cl2N2/c1-10(2,3)9(13)8-7(12)4-6(11)5-14-8/h4-5,9H,13H2,1-3H3.